The summed E-state index contributed by atoms with van der Waals surface area (Å²) in [5.41, 5.74) is -2.86. The standard InChI is InChI=1S/C17H17BrN6O9S2/c1-23-17(20-12(27)13(28)21-23)34-4-6-5-35(32)15-9(14(29)24(15)10(6)16(30)31)19-11(26)8(22-33-2)7(25)3-18/h9,15H,3-5H2,1-2H3,(H,19,26)(H,21,28)(H,30,31)/t9-,15-,35?/m1/s1. The summed E-state index contributed by atoms with van der Waals surface area (Å²) >= 11 is 3.80. The van der Waals surface area contributed by atoms with Crippen molar-refractivity contribution in [2.45, 2.75) is 16.6 Å². The van der Waals surface area contributed by atoms with Gasteiger partial charge in [-0.05, 0) is 5.57 Å². The molecule has 3 rings (SSSR count). The number of thioether (sulfide) groups is 1. The van der Waals surface area contributed by atoms with Crippen LogP contribution in [0.1, 0.15) is 0 Å². The average Bonchev–Trinajstić information content (AvgIpc) is 2.81. The zero-order chi connectivity index (χ0) is 26.0. The molecule has 3 heterocycles. The van der Waals surface area contributed by atoms with Crippen LogP contribution in [0.5, 0.6) is 0 Å². The third-order valence-electron chi connectivity index (χ3n) is 4.80. The van der Waals surface area contributed by atoms with E-state index in [1.165, 1.54) is 11.7 Å². The van der Waals surface area contributed by atoms with E-state index in [-0.39, 0.29) is 27.6 Å². The summed E-state index contributed by atoms with van der Waals surface area (Å²) in [5.74, 6) is -4.41. The Labute approximate surface area is 210 Å². The second-order valence-corrected chi connectivity index (χ2v) is 10.0. The minimum Gasteiger partial charge on any atom is -0.477 e. The zero-order valence-corrected chi connectivity index (χ0v) is 21.2. The summed E-state index contributed by atoms with van der Waals surface area (Å²) in [6.45, 7) is 0. The van der Waals surface area contributed by atoms with E-state index in [9.17, 15) is 38.1 Å². The van der Waals surface area contributed by atoms with Crippen molar-refractivity contribution in [2.75, 3.05) is 23.9 Å². The lowest BCUT2D eigenvalue weighted by atomic mass is 10.0. The normalized spacial score (nSPS) is 21.8. The molecule has 35 heavy (non-hydrogen) atoms. The first-order valence-corrected chi connectivity index (χ1v) is 13.0. The Morgan fingerprint density at radius 1 is 1.37 bits per heavy atom. The SMILES string of the molecule is CON=C(C(=O)CBr)C(=O)N[C@@H]1C(=O)N2C(C(=O)O)=C(CSc3nc(=O)c(=O)[nH]n3C)CS(=O)[C@H]12. The van der Waals surface area contributed by atoms with Gasteiger partial charge in [-0.15, -0.1) is 0 Å². The lowest BCUT2D eigenvalue weighted by Gasteiger charge is -2.49. The van der Waals surface area contributed by atoms with Gasteiger partial charge in [0.25, 0.3) is 11.8 Å². The number of oxime groups is 1. The molecule has 2 aliphatic rings. The summed E-state index contributed by atoms with van der Waals surface area (Å²) in [4.78, 5) is 80.9. The number of carbonyl (C=O) groups excluding carboxylic acids is 3. The Morgan fingerprint density at radius 2 is 2.06 bits per heavy atom. The van der Waals surface area contributed by atoms with Crippen molar-refractivity contribution in [1.29, 1.82) is 0 Å². The molecule has 3 atom stereocenters. The van der Waals surface area contributed by atoms with Crippen molar-refractivity contribution in [3.8, 4) is 0 Å². The molecular weight excluding hydrogens is 576 g/mol. The molecule has 3 N–H and O–H groups in total. The number of alkyl halides is 1. The molecule has 2 aliphatic heterocycles. The van der Waals surface area contributed by atoms with Crippen LogP contribution in [0.3, 0.4) is 0 Å². The molecule has 0 spiro atoms. The number of ketones is 1. The van der Waals surface area contributed by atoms with Gasteiger partial charge in [0.1, 0.15) is 24.2 Å². The number of nitrogens with one attached hydrogen (secondary N) is 2. The smallest absolute Gasteiger partial charge is 0.352 e. The van der Waals surface area contributed by atoms with E-state index in [1.54, 1.807) is 0 Å². The molecule has 18 heteroatoms. The van der Waals surface area contributed by atoms with Gasteiger partial charge in [-0.2, -0.15) is 4.98 Å². The fraction of sp³-hybridized carbons (Fsp3) is 0.412. The Balaban J connectivity index is 1.85. The number of rotatable bonds is 9. The van der Waals surface area contributed by atoms with Gasteiger partial charge in [0.15, 0.2) is 5.16 Å². The van der Waals surface area contributed by atoms with Crippen molar-refractivity contribution in [2.24, 2.45) is 12.2 Å². The van der Waals surface area contributed by atoms with Crippen LogP contribution in [0.4, 0.5) is 0 Å². The number of aromatic nitrogens is 3. The minimum atomic E-state index is -1.82. The Kier molecular flexibility index (Phi) is 8.06. The second kappa shape index (κ2) is 10.6. The van der Waals surface area contributed by atoms with E-state index in [0.29, 0.717) is 0 Å². The first-order chi connectivity index (χ1) is 16.5. The number of carboxylic acids is 1. The zero-order valence-electron chi connectivity index (χ0n) is 18.0. The van der Waals surface area contributed by atoms with Crippen molar-refractivity contribution >= 4 is 67.8 Å². The van der Waals surface area contributed by atoms with Crippen molar-refractivity contribution in [1.82, 2.24) is 25.0 Å². The van der Waals surface area contributed by atoms with Crippen LogP contribution < -0.4 is 16.4 Å². The third-order valence-corrected chi connectivity index (χ3v) is 8.08. The van der Waals surface area contributed by atoms with Crippen LogP contribution in [0.2, 0.25) is 0 Å². The number of hydrogen-bond donors (Lipinski definition) is 3. The highest BCUT2D eigenvalue weighted by atomic mass is 79.9. The largest absolute Gasteiger partial charge is 0.477 e. The second-order valence-electron chi connectivity index (χ2n) is 7.00. The van der Waals surface area contributed by atoms with Gasteiger partial charge in [-0.25, -0.2) is 4.79 Å². The van der Waals surface area contributed by atoms with Crippen molar-refractivity contribution in [3.05, 3.63) is 32.0 Å². The summed E-state index contributed by atoms with van der Waals surface area (Å²) in [6.07, 6.45) is 0. The maximum absolute atomic E-state index is 12.9. The fourth-order valence-corrected chi connectivity index (χ4v) is 6.30. The van der Waals surface area contributed by atoms with Crippen LogP contribution >= 0.6 is 27.7 Å². The van der Waals surface area contributed by atoms with E-state index in [2.05, 4.69) is 41.3 Å². The van der Waals surface area contributed by atoms with E-state index in [4.69, 9.17) is 0 Å². The Morgan fingerprint density at radius 3 is 2.66 bits per heavy atom. The van der Waals surface area contributed by atoms with Gasteiger partial charge in [0.05, 0.1) is 21.9 Å². The van der Waals surface area contributed by atoms with E-state index in [0.717, 1.165) is 23.8 Å². The molecule has 2 amide bonds. The summed E-state index contributed by atoms with van der Waals surface area (Å²) in [6, 6.07) is -1.35. The number of H-pyrrole nitrogens is 1. The van der Waals surface area contributed by atoms with Gasteiger partial charge >= 0.3 is 17.1 Å². The molecule has 15 nitrogen and oxygen atoms in total. The van der Waals surface area contributed by atoms with Crippen LogP contribution in [0, 0.1) is 0 Å². The molecule has 1 saturated heterocycles. The quantitative estimate of drug-likeness (QED) is 0.0509. The predicted octanol–water partition coefficient (Wildman–Crippen LogP) is -2.72. The highest BCUT2D eigenvalue weighted by Crippen LogP contribution is 2.36. The molecule has 188 valence electrons. The van der Waals surface area contributed by atoms with Gasteiger partial charge in [0.2, 0.25) is 11.5 Å². The number of amides is 2. The average molecular weight is 593 g/mol. The Bertz CT molecular complexity index is 1320. The molecule has 0 saturated carbocycles. The number of halogens is 1. The number of aliphatic carboxylic acids is 1. The minimum absolute atomic E-state index is 0.0706. The number of nitrogens with zero attached hydrogens (tertiary/aromatic N) is 4. The van der Waals surface area contributed by atoms with Crippen LogP contribution in [0.25, 0.3) is 0 Å². The van der Waals surface area contributed by atoms with E-state index < -0.39 is 68.3 Å². The van der Waals surface area contributed by atoms with Crippen LogP contribution in [-0.4, -0.2) is 93.6 Å². The highest BCUT2D eigenvalue weighted by molar-refractivity contribution is 9.09. The van der Waals surface area contributed by atoms with Crippen molar-refractivity contribution < 1.29 is 33.3 Å². The summed E-state index contributed by atoms with van der Waals surface area (Å²) in [5, 5.41) is 16.3. The topological polar surface area (TPSA) is 210 Å². The summed E-state index contributed by atoms with van der Waals surface area (Å²) < 4.78 is 14.1. The number of β-lactam (4-membered cyclic amide) rings is 1. The molecule has 0 aromatic carbocycles. The van der Waals surface area contributed by atoms with E-state index >= 15 is 0 Å². The van der Waals surface area contributed by atoms with Gasteiger partial charge in [-0.3, -0.25) is 42.9 Å². The lowest BCUT2D eigenvalue weighted by molar-refractivity contribution is -0.150. The number of carbonyl (C=O) groups is 4. The number of hydrogen-bond acceptors (Lipinski definition) is 11. The van der Waals surface area contributed by atoms with Gasteiger partial charge in [-0.1, -0.05) is 32.8 Å². The molecule has 0 aliphatic carbocycles. The Hall–Kier alpha value is -3.12. The molecule has 1 aromatic rings. The molecule has 1 fully saturated rings. The lowest BCUT2D eigenvalue weighted by Crippen LogP contribution is -2.74. The number of Topliss-reactive ketones (excluding diaryl/α,β-unsaturated/α-hetero) is 1. The van der Waals surface area contributed by atoms with Crippen LogP contribution in [-0.2, 0) is 41.9 Å². The summed E-state index contributed by atoms with van der Waals surface area (Å²) in [7, 11) is 0.719. The third kappa shape index (κ3) is 5.13. The van der Waals surface area contributed by atoms with Crippen molar-refractivity contribution in [3.63, 3.8) is 0 Å². The molecule has 0 bridgehead atoms. The predicted molar refractivity (Wildman–Crippen MR) is 124 cm³/mol. The first kappa shape index (κ1) is 26.5. The molecule has 1 unspecified atom stereocenters. The number of carboxylic acid groups (broad SMARTS) is 1. The van der Waals surface area contributed by atoms with Crippen LogP contribution in [0.15, 0.2) is 31.2 Å². The maximum Gasteiger partial charge on any atom is 0.352 e. The number of aromatic amines is 1. The number of fused-ring (bicyclic) bond motifs is 1. The first-order valence-electron chi connectivity index (χ1n) is 9.48. The van der Waals surface area contributed by atoms with E-state index in [1.807, 2.05) is 0 Å². The highest BCUT2D eigenvalue weighted by Gasteiger charge is 2.57. The van der Waals surface area contributed by atoms with Gasteiger partial charge in [0, 0.05) is 12.8 Å². The molecular formula is C17H17BrN6O9S2. The molecule has 0 radical (unpaired) electrons. The number of aryl methyl sites for hydroxylation is 1. The monoisotopic (exact) mass is 592 g/mol. The maximum atomic E-state index is 12.9. The molecule has 1 aromatic heterocycles. The fourth-order valence-electron chi connectivity index (χ4n) is 3.29. The van der Waals surface area contributed by atoms with Gasteiger partial charge < -0.3 is 15.3 Å².